The third kappa shape index (κ3) is 6.28. The zero-order chi connectivity index (χ0) is 30.7. The first-order valence-electron chi connectivity index (χ1n) is 13.8. The van der Waals surface area contributed by atoms with Gasteiger partial charge in [0.15, 0.2) is 28.1 Å². The number of imidazole rings is 1. The van der Waals surface area contributed by atoms with Crippen LogP contribution in [0.3, 0.4) is 0 Å². The number of alkyl halides is 1. The highest BCUT2D eigenvalue weighted by atomic mass is 127. The van der Waals surface area contributed by atoms with Crippen molar-refractivity contribution in [2.24, 2.45) is 5.41 Å². The minimum Gasteiger partial charge on any atom is -0.414 e. The second-order valence-electron chi connectivity index (χ2n) is 14.8. The van der Waals surface area contributed by atoms with Gasteiger partial charge in [-0.2, -0.15) is 0 Å². The van der Waals surface area contributed by atoms with Crippen LogP contribution < -0.4 is 5.73 Å². The summed E-state index contributed by atoms with van der Waals surface area (Å²) < 4.78 is 28.2. The van der Waals surface area contributed by atoms with Gasteiger partial charge in [0.25, 0.3) is 0 Å². The van der Waals surface area contributed by atoms with Gasteiger partial charge in [-0.15, -0.1) is 0 Å². The molecule has 2 N–H and O–H groups in total. The third-order valence-corrected chi connectivity index (χ3v) is 19.0. The maximum absolute atomic E-state index is 13.5. The van der Waals surface area contributed by atoms with Crippen LogP contribution in [-0.4, -0.2) is 64.9 Å². The van der Waals surface area contributed by atoms with E-state index in [4.69, 9.17) is 24.1 Å². The molecule has 2 aromatic rings. The van der Waals surface area contributed by atoms with E-state index in [1.807, 2.05) is 20.8 Å². The lowest BCUT2D eigenvalue weighted by molar-refractivity contribution is -0.271. The molecule has 4 atom stereocenters. The van der Waals surface area contributed by atoms with E-state index in [2.05, 4.69) is 105 Å². The normalized spacial score (nSPS) is 25.0. The van der Waals surface area contributed by atoms with Crippen molar-refractivity contribution in [3.8, 4) is 0 Å². The van der Waals surface area contributed by atoms with E-state index >= 15 is 0 Å². The Kier molecular flexibility index (Phi) is 9.05. The van der Waals surface area contributed by atoms with E-state index in [0.29, 0.717) is 17.8 Å². The molecule has 10 nitrogen and oxygen atoms in total. The van der Waals surface area contributed by atoms with Gasteiger partial charge < -0.3 is 24.1 Å². The summed E-state index contributed by atoms with van der Waals surface area (Å²) in [7, 11) is -4.43. The fourth-order valence-corrected chi connectivity index (χ4v) is 7.52. The first kappa shape index (κ1) is 33.4. The number of hydrogen-bond donors (Lipinski definition) is 1. The lowest BCUT2D eigenvalue weighted by atomic mass is 9.97. The number of nitrogens with zero attached hydrogens (tertiary/aromatic N) is 4. The van der Waals surface area contributed by atoms with Crippen molar-refractivity contribution in [2.75, 3.05) is 12.3 Å². The average molecular weight is 706 g/mol. The van der Waals surface area contributed by atoms with E-state index in [-0.39, 0.29) is 15.9 Å². The van der Waals surface area contributed by atoms with Gasteiger partial charge >= 0.3 is 11.9 Å². The predicted molar refractivity (Wildman–Crippen MR) is 171 cm³/mol. The zero-order valence-electron chi connectivity index (χ0n) is 26.4. The Bertz CT molecular complexity index is 1230. The number of esters is 1. The molecule has 0 unspecified atom stereocenters. The molecule has 1 saturated heterocycles. The molecule has 40 heavy (non-hydrogen) atoms. The van der Waals surface area contributed by atoms with E-state index in [1.165, 1.54) is 6.33 Å². The Labute approximate surface area is 254 Å². The van der Waals surface area contributed by atoms with Gasteiger partial charge in [0.1, 0.15) is 28.2 Å². The lowest BCUT2D eigenvalue weighted by Gasteiger charge is -2.41. The van der Waals surface area contributed by atoms with Gasteiger partial charge in [0.2, 0.25) is 0 Å². The van der Waals surface area contributed by atoms with Crippen LogP contribution in [0.1, 0.15) is 62.3 Å². The Morgan fingerprint density at radius 3 is 2.12 bits per heavy atom. The highest BCUT2D eigenvalue weighted by Crippen LogP contribution is 2.49. The van der Waals surface area contributed by atoms with E-state index in [0.717, 1.165) is 0 Å². The molecule has 0 saturated carbocycles. The molecule has 0 spiro atoms. The number of hydrogen-bond acceptors (Lipinski definition) is 9. The number of ether oxygens (including phenoxy) is 2. The van der Waals surface area contributed by atoms with Crippen molar-refractivity contribution in [1.82, 2.24) is 19.5 Å². The number of carbonyl (C=O) groups is 1. The number of aromatic nitrogens is 4. The van der Waals surface area contributed by atoms with Crippen LogP contribution >= 0.6 is 22.6 Å². The Morgan fingerprint density at radius 2 is 1.60 bits per heavy atom. The molecule has 1 aliphatic heterocycles. The highest BCUT2D eigenvalue weighted by Gasteiger charge is 2.62. The number of fused-ring (bicyclic) bond motifs is 1. The summed E-state index contributed by atoms with van der Waals surface area (Å²) in [5.74, 6) is -1.79. The molecular weight excluding hydrogens is 657 g/mol. The Morgan fingerprint density at radius 1 is 1.02 bits per heavy atom. The van der Waals surface area contributed by atoms with Gasteiger partial charge in [0.05, 0.1) is 18.1 Å². The summed E-state index contributed by atoms with van der Waals surface area (Å²) in [6.45, 7) is 27.8. The molecule has 1 aliphatic rings. The SMILES string of the molecule is CC(C)(C)C(=O)O[C@]1(n2cnc3c(N)ncnc32)O[C@H](CO[Si](C)(C)C(C)(C)C)[C@@H](O[Si](C)(C)C(C)(C)C)[C@H]1I. The van der Waals surface area contributed by atoms with Gasteiger partial charge in [0, 0.05) is 0 Å². The number of nitrogen functional groups attached to an aromatic ring is 1. The highest BCUT2D eigenvalue weighted by molar-refractivity contribution is 14.1. The molecule has 0 radical (unpaired) electrons. The fraction of sp³-hybridized carbons (Fsp3) is 0.778. The van der Waals surface area contributed by atoms with Crippen molar-refractivity contribution in [3.05, 3.63) is 12.7 Å². The second-order valence-corrected chi connectivity index (χ2v) is 25.7. The van der Waals surface area contributed by atoms with Gasteiger partial charge in [-0.25, -0.2) is 15.0 Å². The molecule has 2 aromatic heterocycles. The molecule has 13 heteroatoms. The summed E-state index contributed by atoms with van der Waals surface area (Å²) in [4.78, 5) is 26.5. The van der Waals surface area contributed by atoms with E-state index in [1.54, 1.807) is 10.9 Å². The van der Waals surface area contributed by atoms with Crippen LogP contribution in [0.4, 0.5) is 5.82 Å². The maximum Gasteiger partial charge on any atom is 0.319 e. The van der Waals surface area contributed by atoms with Crippen molar-refractivity contribution < 1.29 is 23.1 Å². The first-order valence-corrected chi connectivity index (χ1v) is 20.8. The van der Waals surface area contributed by atoms with Gasteiger partial charge in [-0.3, -0.25) is 9.36 Å². The minimum absolute atomic E-state index is 0.00982. The molecular formula is C27H48IN5O5Si2. The van der Waals surface area contributed by atoms with Crippen LogP contribution in [0, 0.1) is 5.41 Å². The minimum atomic E-state index is -2.29. The number of halogens is 1. The van der Waals surface area contributed by atoms with Crippen LogP contribution in [0.5, 0.6) is 0 Å². The average Bonchev–Trinajstić information content (AvgIpc) is 3.32. The van der Waals surface area contributed by atoms with Crippen LogP contribution in [0.2, 0.25) is 36.3 Å². The first-order chi connectivity index (χ1) is 17.9. The molecule has 0 aromatic carbocycles. The second kappa shape index (κ2) is 10.9. The zero-order valence-corrected chi connectivity index (χ0v) is 30.5. The molecule has 1 fully saturated rings. The summed E-state index contributed by atoms with van der Waals surface area (Å²) >= 11 is 2.30. The van der Waals surface area contributed by atoms with Crippen LogP contribution in [-0.2, 0) is 29.0 Å². The molecule has 3 rings (SSSR count). The number of carbonyl (C=O) groups excluding carboxylic acids is 1. The number of anilines is 1. The summed E-state index contributed by atoms with van der Waals surface area (Å²) in [5.41, 5.74) is 6.15. The molecule has 226 valence electrons. The predicted octanol–water partition coefficient (Wildman–Crippen LogP) is 6.22. The summed E-state index contributed by atoms with van der Waals surface area (Å²) in [6, 6.07) is 0. The number of rotatable bonds is 7. The Balaban J connectivity index is 2.19. The molecule has 0 amide bonds. The largest absolute Gasteiger partial charge is 0.414 e. The van der Waals surface area contributed by atoms with Crippen molar-refractivity contribution in [3.63, 3.8) is 0 Å². The molecule has 0 bridgehead atoms. The molecule has 0 aliphatic carbocycles. The summed E-state index contributed by atoms with van der Waals surface area (Å²) in [5, 5.41) is -0.0409. The third-order valence-electron chi connectivity index (χ3n) is 8.52. The lowest BCUT2D eigenvalue weighted by Crippen LogP contribution is -2.52. The Hall–Kier alpha value is -1.14. The van der Waals surface area contributed by atoms with E-state index < -0.39 is 50.1 Å². The fourth-order valence-electron chi connectivity index (χ4n) is 3.72. The summed E-state index contributed by atoms with van der Waals surface area (Å²) in [6.07, 6.45) is 1.97. The molecule has 3 heterocycles. The van der Waals surface area contributed by atoms with Crippen molar-refractivity contribution >= 4 is 62.2 Å². The van der Waals surface area contributed by atoms with Crippen molar-refractivity contribution in [2.45, 2.75) is 121 Å². The van der Waals surface area contributed by atoms with E-state index in [9.17, 15) is 4.79 Å². The number of nitrogens with two attached hydrogens (primary N) is 1. The smallest absolute Gasteiger partial charge is 0.319 e. The van der Waals surface area contributed by atoms with Gasteiger partial charge in [-0.05, 0) is 57.0 Å². The van der Waals surface area contributed by atoms with Crippen LogP contribution in [0.25, 0.3) is 11.2 Å². The topological polar surface area (TPSA) is 124 Å². The van der Waals surface area contributed by atoms with Gasteiger partial charge in [-0.1, -0.05) is 64.1 Å². The quantitative estimate of drug-likeness (QED) is 0.155. The standard InChI is InChI=1S/C27H48IN5O5Si2/c1-24(2,3)23(34)37-27(33-16-32-18-21(29)30-15-31-22(18)33)20(28)19(38-40(12,13)26(7,8)9)17(36-27)14-35-39(10,11)25(4,5)6/h15-17,19-20H,14H2,1-13H3,(H2,29,30,31)/t17-,19-,20-,27-/m1/s1. The van der Waals surface area contributed by atoms with Crippen LogP contribution in [0.15, 0.2) is 12.7 Å². The monoisotopic (exact) mass is 705 g/mol. The van der Waals surface area contributed by atoms with Crippen molar-refractivity contribution in [1.29, 1.82) is 0 Å². The maximum atomic E-state index is 13.5.